The molecule has 0 bridgehead atoms. The van der Waals surface area contributed by atoms with Crippen molar-refractivity contribution in [2.45, 2.75) is 26.2 Å². The fraction of sp³-hybridized carbons (Fsp3) is 0.185. The van der Waals surface area contributed by atoms with E-state index >= 15 is 0 Å². The number of nitrogens with zero attached hydrogens (tertiary/aromatic N) is 1. The fourth-order valence-electron chi connectivity index (χ4n) is 4.16. The SMILES string of the molecule is CC(OCc1ccc(CN)cc1)c1cccc2c(-c3ccc(NS(C)=O)c(C#N)c3)c(C(=O)O)[nH]c12. The van der Waals surface area contributed by atoms with Crippen molar-refractivity contribution in [3.63, 3.8) is 0 Å². The second kappa shape index (κ2) is 10.7. The molecule has 3 aromatic carbocycles. The highest BCUT2D eigenvalue weighted by Gasteiger charge is 2.22. The largest absolute Gasteiger partial charge is 0.477 e. The van der Waals surface area contributed by atoms with Gasteiger partial charge in [-0.3, -0.25) is 0 Å². The van der Waals surface area contributed by atoms with Gasteiger partial charge in [-0.05, 0) is 35.7 Å². The van der Waals surface area contributed by atoms with Crippen LogP contribution in [0.2, 0.25) is 0 Å². The molecule has 2 unspecified atom stereocenters. The topological polar surface area (TPSA) is 141 Å². The summed E-state index contributed by atoms with van der Waals surface area (Å²) < 4.78 is 20.4. The number of H-pyrrole nitrogens is 1. The summed E-state index contributed by atoms with van der Waals surface area (Å²) in [4.78, 5) is 15.3. The van der Waals surface area contributed by atoms with E-state index in [1.165, 1.54) is 6.26 Å². The second-order valence-corrected chi connectivity index (χ2v) is 9.46. The van der Waals surface area contributed by atoms with E-state index in [1.54, 1.807) is 18.2 Å². The zero-order valence-corrected chi connectivity index (χ0v) is 20.7. The molecule has 0 aliphatic rings. The maximum absolute atomic E-state index is 12.2. The minimum Gasteiger partial charge on any atom is -0.477 e. The third-order valence-corrected chi connectivity index (χ3v) is 6.47. The Kier molecular flexibility index (Phi) is 7.50. The molecule has 0 radical (unpaired) electrons. The number of aromatic carboxylic acids is 1. The van der Waals surface area contributed by atoms with E-state index in [9.17, 15) is 19.4 Å². The van der Waals surface area contributed by atoms with E-state index in [0.29, 0.717) is 40.9 Å². The molecular formula is C27H26N4O4S. The maximum Gasteiger partial charge on any atom is 0.352 e. The van der Waals surface area contributed by atoms with Crippen LogP contribution in [0, 0.1) is 11.3 Å². The first-order valence-electron chi connectivity index (χ1n) is 11.2. The highest BCUT2D eigenvalue weighted by molar-refractivity contribution is 7.85. The summed E-state index contributed by atoms with van der Waals surface area (Å²) in [5.41, 5.74) is 10.9. The number of ether oxygens (including phenoxy) is 1. The number of aromatic amines is 1. The van der Waals surface area contributed by atoms with Gasteiger partial charge in [-0.1, -0.05) is 48.5 Å². The van der Waals surface area contributed by atoms with Crippen LogP contribution in [0.5, 0.6) is 0 Å². The zero-order valence-electron chi connectivity index (χ0n) is 19.9. The maximum atomic E-state index is 12.2. The van der Waals surface area contributed by atoms with Gasteiger partial charge in [-0.15, -0.1) is 0 Å². The molecule has 36 heavy (non-hydrogen) atoms. The molecule has 0 amide bonds. The van der Waals surface area contributed by atoms with Crippen LogP contribution in [0.3, 0.4) is 0 Å². The minimum atomic E-state index is -1.35. The molecule has 0 fully saturated rings. The number of rotatable bonds is 9. The van der Waals surface area contributed by atoms with Gasteiger partial charge in [-0.2, -0.15) is 5.26 Å². The number of para-hydroxylation sites is 1. The quantitative estimate of drug-likeness (QED) is 0.258. The van der Waals surface area contributed by atoms with Crippen LogP contribution < -0.4 is 10.5 Å². The van der Waals surface area contributed by atoms with Gasteiger partial charge in [0.15, 0.2) is 0 Å². The molecule has 4 aromatic rings. The van der Waals surface area contributed by atoms with Crippen LogP contribution in [0.1, 0.15) is 45.8 Å². The first kappa shape index (κ1) is 25.1. The van der Waals surface area contributed by atoms with Crippen molar-refractivity contribution in [2.75, 3.05) is 11.0 Å². The number of hydrogen-bond donors (Lipinski definition) is 4. The molecule has 1 heterocycles. The number of benzene rings is 3. The van der Waals surface area contributed by atoms with Crippen LogP contribution in [0.15, 0.2) is 60.7 Å². The molecule has 9 heteroatoms. The monoisotopic (exact) mass is 502 g/mol. The van der Waals surface area contributed by atoms with Crippen LogP contribution >= 0.6 is 0 Å². The van der Waals surface area contributed by atoms with E-state index < -0.39 is 17.0 Å². The molecular weight excluding hydrogens is 476 g/mol. The lowest BCUT2D eigenvalue weighted by molar-refractivity contribution is 0.0533. The van der Waals surface area contributed by atoms with Gasteiger partial charge in [-0.25, -0.2) is 9.00 Å². The summed E-state index contributed by atoms with van der Waals surface area (Å²) >= 11 is 0. The highest BCUT2D eigenvalue weighted by Crippen LogP contribution is 2.37. The number of nitrogens with two attached hydrogens (primary N) is 1. The lowest BCUT2D eigenvalue weighted by atomic mass is 9.97. The molecule has 1 aromatic heterocycles. The predicted molar refractivity (Wildman–Crippen MR) is 141 cm³/mol. The van der Waals surface area contributed by atoms with Gasteiger partial charge in [0.2, 0.25) is 0 Å². The van der Waals surface area contributed by atoms with Crippen LogP contribution in [-0.4, -0.2) is 26.5 Å². The number of aromatic nitrogens is 1. The summed E-state index contributed by atoms with van der Waals surface area (Å²) in [6, 6.07) is 20.5. The molecule has 8 nitrogen and oxygen atoms in total. The zero-order chi connectivity index (χ0) is 25.8. The molecule has 184 valence electrons. The van der Waals surface area contributed by atoms with Crippen molar-refractivity contribution in [3.05, 3.63) is 88.6 Å². The van der Waals surface area contributed by atoms with E-state index in [0.717, 1.165) is 16.7 Å². The lowest BCUT2D eigenvalue weighted by Gasteiger charge is -2.15. The Morgan fingerprint density at radius 1 is 1.19 bits per heavy atom. The lowest BCUT2D eigenvalue weighted by Crippen LogP contribution is -2.03. The number of carbonyl (C=O) groups is 1. The Bertz CT molecular complexity index is 1490. The van der Waals surface area contributed by atoms with E-state index in [2.05, 4.69) is 15.8 Å². The van der Waals surface area contributed by atoms with Crippen molar-refractivity contribution in [3.8, 4) is 17.2 Å². The number of anilines is 1. The van der Waals surface area contributed by atoms with Gasteiger partial charge in [0.05, 0.1) is 29.5 Å². The summed E-state index contributed by atoms with van der Waals surface area (Å²) in [5.74, 6) is -1.11. The molecule has 0 aliphatic carbocycles. The van der Waals surface area contributed by atoms with Crippen LogP contribution in [0.25, 0.3) is 22.0 Å². The molecule has 0 saturated carbocycles. The Hall–Kier alpha value is -3.97. The number of fused-ring (bicyclic) bond motifs is 1. The third kappa shape index (κ3) is 5.16. The first-order chi connectivity index (χ1) is 17.3. The van der Waals surface area contributed by atoms with Crippen molar-refractivity contribution < 1.29 is 18.8 Å². The Morgan fingerprint density at radius 3 is 2.56 bits per heavy atom. The molecule has 2 atom stereocenters. The number of carboxylic acid groups (broad SMARTS) is 1. The van der Waals surface area contributed by atoms with E-state index in [4.69, 9.17) is 10.5 Å². The summed E-state index contributed by atoms with van der Waals surface area (Å²) in [6.07, 6.45) is 1.15. The number of hydrogen-bond acceptors (Lipinski definition) is 5. The Morgan fingerprint density at radius 2 is 1.92 bits per heavy atom. The Balaban J connectivity index is 1.73. The first-order valence-corrected chi connectivity index (χ1v) is 12.8. The third-order valence-electron chi connectivity index (χ3n) is 5.96. The van der Waals surface area contributed by atoms with Crippen molar-refractivity contribution in [1.82, 2.24) is 4.98 Å². The Labute approximate surface area is 211 Å². The standard InChI is InChI=1S/C27H26N4O4S/c1-16(35-15-18-8-6-17(13-28)7-9-18)21-4-3-5-22-24(26(27(32)33)30-25(21)22)19-10-11-23(31-36(2)34)20(12-19)14-29/h3-12,16,30-31H,13,15,28H2,1-2H3,(H,32,33). The van der Waals surface area contributed by atoms with Crippen LogP contribution in [0.4, 0.5) is 5.69 Å². The van der Waals surface area contributed by atoms with E-state index in [1.807, 2.05) is 49.4 Å². The molecule has 0 spiro atoms. The van der Waals surface area contributed by atoms with Gasteiger partial charge in [0.25, 0.3) is 0 Å². The summed E-state index contributed by atoms with van der Waals surface area (Å²) in [6.45, 7) is 2.79. The van der Waals surface area contributed by atoms with Gasteiger partial charge in [0, 0.05) is 29.3 Å². The number of nitrogens with one attached hydrogen (secondary N) is 2. The summed E-state index contributed by atoms with van der Waals surface area (Å²) in [5, 5.41) is 20.3. The van der Waals surface area contributed by atoms with E-state index in [-0.39, 0.29) is 17.4 Å². The highest BCUT2D eigenvalue weighted by atomic mass is 32.2. The van der Waals surface area contributed by atoms with Crippen molar-refractivity contribution in [2.24, 2.45) is 5.73 Å². The van der Waals surface area contributed by atoms with Crippen molar-refractivity contribution in [1.29, 1.82) is 5.26 Å². The molecule has 0 saturated heterocycles. The number of carboxylic acids is 1. The van der Waals surface area contributed by atoms with Gasteiger partial charge >= 0.3 is 5.97 Å². The normalized spacial score (nSPS) is 12.7. The van der Waals surface area contributed by atoms with Crippen LogP contribution in [-0.2, 0) is 28.9 Å². The smallest absolute Gasteiger partial charge is 0.352 e. The molecule has 4 rings (SSSR count). The molecule has 5 N–H and O–H groups in total. The second-order valence-electron chi connectivity index (χ2n) is 8.35. The summed E-state index contributed by atoms with van der Waals surface area (Å²) in [7, 11) is -1.35. The van der Waals surface area contributed by atoms with Crippen molar-refractivity contribution >= 4 is 33.5 Å². The average Bonchev–Trinajstić information content (AvgIpc) is 3.27. The van der Waals surface area contributed by atoms with Gasteiger partial charge < -0.3 is 25.3 Å². The predicted octanol–water partition coefficient (Wildman–Crippen LogP) is 4.85. The average molecular weight is 503 g/mol. The minimum absolute atomic E-state index is 0.0192. The fourth-order valence-corrected chi connectivity index (χ4v) is 4.65. The molecule has 0 aliphatic heterocycles. The van der Waals surface area contributed by atoms with Gasteiger partial charge in [0.1, 0.15) is 22.7 Å². The number of nitriles is 1.